The molecule has 5 aromatic rings. The number of aromatic amines is 2. The summed E-state index contributed by atoms with van der Waals surface area (Å²) in [6, 6.07) is 21.6. The molecule has 0 unspecified atom stereocenters. The van der Waals surface area contributed by atoms with Crippen molar-refractivity contribution in [1.82, 2.24) is 4.98 Å². The van der Waals surface area contributed by atoms with Crippen molar-refractivity contribution < 1.29 is 9.40 Å². The SMILES string of the molecule is O=c1oc2ccc3ccccc3c2cc1-c1[nH]c2ccccc2[nH+]1. The molecule has 0 fully saturated rings. The molecule has 0 saturated carbocycles. The van der Waals surface area contributed by atoms with Crippen LogP contribution >= 0.6 is 0 Å². The first-order valence-corrected chi connectivity index (χ1v) is 7.76. The van der Waals surface area contributed by atoms with E-state index in [0.29, 0.717) is 17.0 Å². The summed E-state index contributed by atoms with van der Waals surface area (Å²) < 4.78 is 5.56. The number of hydrogen-bond acceptors (Lipinski definition) is 2. The Kier molecular flexibility index (Phi) is 2.61. The predicted molar refractivity (Wildman–Crippen MR) is 93.8 cm³/mol. The van der Waals surface area contributed by atoms with Crippen LogP contribution in [-0.2, 0) is 0 Å². The Morgan fingerprint density at radius 1 is 0.875 bits per heavy atom. The zero-order valence-electron chi connectivity index (χ0n) is 12.7. The maximum Gasteiger partial charge on any atom is 0.351 e. The first kappa shape index (κ1) is 13.1. The van der Waals surface area contributed by atoms with Crippen molar-refractivity contribution in [2.75, 3.05) is 0 Å². The van der Waals surface area contributed by atoms with E-state index < -0.39 is 0 Å². The molecule has 3 aromatic carbocycles. The van der Waals surface area contributed by atoms with Gasteiger partial charge in [-0.1, -0.05) is 42.5 Å². The minimum atomic E-state index is -0.361. The molecule has 0 amide bonds. The molecule has 0 aliphatic rings. The third-order valence-electron chi connectivity index (χ3n) is 4.36. The lowest BCUT2D eigenvalue weighted by Gasteiger charge is -2.03. The van der Waals surface area contributed by atoms with Gasteiger partial charge in [-0.05, 0) is 35.0 Å². The van der Waals surface area contributed by atoms with Gasteiger partial charge in [0, 0.05) is 5.39 Å². The Morgan fingerprint density at radius 2 is 1.71 bits per heavy atom. The molecule has 0 spiro atoms. The monoisotopic (exact) mass is 313 g/mol. The van der Waals surface area contributed by atoms with Gasteiger partial charge in [-0.2, -0.15) is 0 Å². The standard InChI is InChI=1S/C20H12N2O2/c23-20-15(19-21-16-7-3-4-8-17(16)22-19)11-14-13-6-2-1-5-12(13)9-10-18(14)24-20/h1-11H,(H,21,22)/p+1. The highest BCUT2D eigenvalue weighted by atomic mass is 16.4. The van der Waals surface area contributed by atoms with Crippen LogP contribution in [0.4, 0.5) is 0 Å². The molecule has 114 valence electrons. The van der Waals surface area contributed by atoms with Gasteiger partial charge in [0.05, 0.1) is 0 Å². The van der Waals surface area contributed by atoms with Crippen molar-refractivity contribution >= 4 is 32.8 Å². The van der Waals surface area contributed by atoms with E-state index >= 15 is 0 Å². The topological polar surface area (TPSA) is 60.1 Å². The highest BCUT2D eigenvalue weighted by Crippen LogP contribution is 2.27. The molecule has 2 heterocycles. The van der Waals surface area contributed by atoms with E-state index in [2.05, 4.69) is 16.0 Å². The summed E-state index contributed by atoms with van der Waals surface area (Å²) in [4.78, 5) is 18.9. The number of H-pyrrole nitrogens is 2. The average molecular weight is 313 g/mol. The predicted octanol–water partition coefficient (Wildman–Crippen LogP) is 3.91. The van der Waals surface area contributed by atoms with Crippen LogP contribution in [0.15, 0.2) is 75.9 Å². The van der Waals surface area contributed by atoms with Crippen molar-refractivity contribution in [1.29, 1.82) is 0 Å². The number of benzene rings is 3. The van der Waals surface area contributed by atoms with Gasteiger partial charge in [0.1, 0.15) is 11.1 Å². The zero-order chi connectivity index (χ0) is 16.1. The summed E-state index contributed by atoms with van der Waals surface area (Å²) >= 11 is 0. The van der Waals surface area contributed by atoms with Crippen LogP contribution < -0.4 is 10.6 Å². The average Bonchev–Trinajstić information content (AvgIpc) is 3.04. The Hall–Kier alpha value is -3.40. The molecule has 2 N–H and O–H groups in total. The molecule has 0 bridgehead atoms. The number of aromatic nitrogens is 2. The third-order valence-corrected chi connectivity index (χ3v) is 4.36. The van der Waals surface area contributed by atoms with Crippen LogP contribution in [0.5, 0.6) is 0 Å². The minimum Gasteiger partial charge on any atom is -0.422 e. The zero-order valence-corrected chi connectivity index (χ0v) is 12.7. The molecule has 4 nitrogen and oxygen atoms in total. The third kappa shape index (κ3) is 1.86. The van der Waals surface area contributed by atoms with E-state index in [4.69, 9.17) is 4.42 Å². The van der Waals surface area contributed by atoms with Gasteiger partial charge in [-0.15, -0.1) is 0 Å². The van der Waals surface area contributed by atoms with E-state index in [1.54, 1.807) is 0 Å². The molecule has 0 aliphatic carbocycles. The molecule has 0 radical (unpaired) electrons. The number of nitrogens with one attached hydrogen (secondary N) is 2. The van der Waals surface area contributed by atoms with Gasteiger partial charge in [0.25, 0.3) is 5.82 Å². The van der Waals surface area contributed by atoms with Crippen LogP contribution in [-0.4, -0.2) is 4.98 Å². The van der Waals surface area contributed by atoms with E-state index in [9.17, 15) is 4.79 Å². The smallest absolute Gasteiger partial charge is 0.351 e. The normalized spacial score (nSPS) is 11.5. The molecule has 0 aliphatic heterocycles. The maximum atomic E-state index is 12.4. The van der Waals surface area contributed by atoms with Crippen LogP contribution in [0.1, 0.15) is 0 Å². The summed E-state index contributed by atoms with van der Waals surface area (Å²) in [6.07, 6.45) is 0. The summed E-state index contributed by atoms with van der Waals surface area (Å²) in [5.74, 6) is 0.653. The van der Waals surface area contributed by atoms with Gasteiger partial charge < -0.3 is 4.42 Å². The van der Waals surface area contributed by atoms with Crippen molar-refractivity contribution in [3.63, 3.8) is 0 Å². The molecule has 24 heavy (non-hydrogen) atoms. The second-order valence-electron chi connectivity index (χ2n) is 5.82. The summed E-state index contributed by atoms with van der Waals surface area (Å²) in [6.45, 7) is 0. The van der Waals surface area contributed by atoms with Crippen molar-refractivity contribution in [2.24, 2.45) is 0 Å². The Balaban J connectivity index is 1.86. The fraction of sp³-hybridized carbons (Fsp3) is 0. The summed E-state index contributed by atoms with van der Waals surface area (Å²) in [5.41, 5.74) is 2.63. The number of para-hydroxylation sites is 2. The quantitative estimate of drug-likeness (QED) is 0.377. The number of hydrogen-bond donors (Lipinski definition) is 1. The Labute approximate surface area is 136 Å². The van der Waals surface area contributed by atoms with E-state index in [0.717, 1.165) is 27.2 Å². The lowest BCUT2D eigenvalue weighted by Crippen LogP contribution is -2.11. The highest BCUT2D eigenvalue weighted by Gasteiger charge is 2.18. The lowest BCUT2D eigenvalue weighted by atomic mass is 10.0. The van der Waals surface area contributed by atoms with E-state index in [1.165, 1.54) is 0 Å². The molecular formula is C20H13N2O2+. The Morgan fingerprint density at radius 3 is 2.62 bits per heavy atom. The number of fused-ring (bicyclic) bond motifs is 4. The number of imidazole rings is 1. The van der Waals surface area contributed by atoms with Gasteiger partial charge >= 0.3 is 5.63 Å². The first-order valence-electron chi connectivity index (χ1n) is 7.76. The fourth-order valence-corrected chi connectivity index (χ4v) is 3.18. The first-order chi connectivity index (χ1) is 11.8. The fourth-order valence-electron chi connectivity index (χ4n) is 3.18. The van der Waals surface area contributed by atoms with Crippen LogP contribution in [0, 0.1) is 0 Å². The van der Waals surface area contributed by atoms with Crippen LogP contribution in [0.3, 0.4) is 0 Å². The second-order valence-corrected chi connectivity index (χ2v) is 5.82. The van der Waals surface area contributed by atoms with Gasteiger partial charge in [-0.25, -0.2) is 14.8 Å². The summed E-state index contributed by atoms with van der Waals surface area (Å²) in [5, 5.41) is 3.11. The lowest BCUT2D eigenvalue weighted by molar-refractivity contribution is -0.330. The van der Waals surface area contributed by atoms with Crippen LogP contribution in [0.25, 0.3) is 44.2 Å². The van der Waals surface area contributed by atoms with Crippen molar-refractivity contribution in [2.45, 2.75) is 0 Å². The van der Waals surface area contributed by atoms with Crippen LogP contribution in [0.2, 0.25) is 0 Å². The van der Waals surface area contributed by atoms with Gasteiger partial charge in [-0.3, -0.25) is 0 Å². The largest absolute Gasteiger partial charge is 0.422 e. The minimum absolute atomic E-state index is 0.361. The summed E-state index contributed by atoms with van der Waals surface area (Å²) in [7, 11) is 0. The van der Waals surface area contributed by atoms with Gasteiger partial charge in [0.15, 0.2) is 11.0 Å². The second kappa shape index (κ2) is 4.80. The Bertz CT molecular complexity index is 1250. The van der Waals surface area contributed by atoms with E-state index in [-0.39, 0.29) is 5.63 Å². The van der Waals surface area contributed by atoms with Gasteiger partial charge in [0.2, 0.25) is 0 Å². The molecule has 4 heteroatoms. The highest BCUT2D eigenvalue weighted by molar-refractivity contribution is 6.06. The molecule has 0 saturated heterocycles. The van der Waals surface area contributed by atoms with E-state index in [1.807, 2.05) is 60.7 Å². The molecule has 5 rings (SSSR count). The van der Waals surface area contributed by atoms with Crippen molar-refractivity contribution in [3.05, 3.63) is 77.2 Å². The van der Waals surface area contributed by atoms with Crippen molar-refractivity contribution in [3.8, 4) is 11.4 Å². The number of rotatable bonds is 1. The molecule has 2 aromatic heterocycles. The maximum absolute atomic E-state index is 12.4. The molecular weight excluding hydrogens is 300 g/mol. The molecule has 0 atom stereocenters.